The number of ether oxygens (including phenoxy) is 4. The van der Waals surface area contributed by atoms with Crippen LogP contribution in [0.5, 0.6) is 17.2 Å². The number of nitrogens with one attached hydrogen (secondary N) is 1. The minimum Gasteiger partial charge on any atom is -0.454 e. The minimum absolute atomic E-state index is 0. The summed E-state index contributed by atoms with van der Waals surface area (Å²) in [4.78, 5) is 14.7. The molecular formula is C18H25ClF2N2O5. The molecule has 1 saturated heterocycles. The Bertz CT molecular complexity index is 681. The largest absolute Gasteiger partial charge is 0.454 e. The van der Waals surface area contributed by atoms with E-state index in [9.17, 15) is 13.6 Å². The van der Waals surface area contributed by atoms with Crippen molar-refractivity contribution in [3.63, 3.8) is 0 Å². The van der Waals surface area contributed by atoms with Gasteiger partial charge in [-0.2, -0.15) is 8.78 Å². The van der Waals surface area contributed by atoms with Crippen molar-refractivity contribution in [2.45, 2.75) is 26.0 Å². The van der Waals surface area contributed by atoms with Crippen LogP contribution in [0, 0.1) is 5.41 Å². The number of methoxy groups -OCH3 is 1. The molecule has 10 heteroatoms. The van der Waals surface area contributed by atoms with Crippen LogP contribution in [0.1, 0.15) is 18.4 Å². The third-order valence-electron chi connectivity index (χ3n) is 4.96. The van der Waals surface area contributed by atoms with Crippen LogP contribution in [0.4, 0.5) is 8.78 Å². The van der Waals surface area contributed by atoms with Gasteiger partial charge in [-0.25, -0.2) is 0 Å². The van der Waals surface area contributed by atoms with Gasteiger partial charge in [0.05, 0.1) is 12.0 Å². The summed E-state index contributed by atoms with van der Waals surface area (Å²) in [7, 11) is 3.22. The lowest BCUT2D eigenvalue weighted by Gasteiger charge is -2.38. The molecule has 0 atom stereocenters. The van der Waals surface area contributed by atoms with Crippen LogP contribution >= 0.6 is 12.4 Å². The van der Waals surface area contributed by atoms with E-state index < -0.39 is 12.0 Å². The Morgan fingerprint density at radius 2 is 1.93 bits per heavy atom. The molecule has 0 spiro atoms. The van der Waals surface area contributed by atoms with Crippen LogP contribution in [0.25, 0.3) is 0 Å². The normalized spacial score (nSPS) is 17.2. The Balaban J connectivity index is 0.00000280. The summed E-state index contributed by atoms with van der Waals surface area (Å²) in [6.45, 7) is -1.07. The maximum atomic E-state index is 13.2. The first-order valence-corrected chi connectivity index (χ1v) is 8.78. The highest BCUT2D eigenvalue weighted by Crippen LogP contribution is 2.40. The Morgan fingerprint density at radius 3 is 2.54 bits per heavy atom. The van der Waals surface area contributed by atoms with Gasteiger partial charge in [-0.1, -0.05) is 0 Å². The number of halogens is 3. The molecule has 158 valence electrons. The van der Waals surface area contributed by atoms with Gasteiger partial charge >= 0.3 is 6.61 Å². The van der Waals surface area contributed by atoms with E-state index in [1.54, 1.807) is 20.2 Å². The number of hydrogen-bond donors (Lipinski definition) is 1. The van der Waals surface area contributed by atoms with Gasteiger partial charge < -0.3 is 29.2 Å². The number of carbonyl (C=O) groups is 1. The fourth-order valence-electron chi connectivity index (χ4n) is 3.63. The highest BCUT2D eigenvalue weighted by molar-refractivity contribution is 5.85. The average molecular weight is 423 g/mol. The molecule has 0 radical (unpaired) electrons. The summed E-state index contributed by atoms with van der Waals surface area (Å²) >= 11 is 0. The monoisotopic (exact) mass is 422 g/mol. The second-order valence-electron chi connectivity index (χ2n) is 6.82. The maximum Gasteiger partial charge on any atom is 0.387 e. The summed E-state index contributed by atoms with van der Waals surface area (Å²) in [5, 5.41) is 3.24. The number of carbonyl (C=O) groups excluding carboxylic acids is 1. The SMILES string of the molecule is COCC1(C(=O)N(C)Cc2cc3c(cc2OC(F)F)OCO3)CCNCC1.Cl. The molecule has 0 bridgehead atoms. The van der Waals surface area contributed by atoms with Crippen LogP contribution in [0.2, 0.25) is 0 Å². The van der Waals surface area contributed by atoms with E-state index in [0.717, 1.165) is 13.1 Å². The average Bonchev–Trinajstić information content (AvgIpc) is 3.09. The van der Waals surface area contributed by atoms with E-state index in [-0.39, 0.29) is 37.4 Å². The van der Waals surface area contributed by atoms with E-state index in [4.69, 9.17) is 14.2 Å². The molecule has 1 fully saturated rings. The molecule has 0 unspecified atom stereocenters. The van der Waals surface area contributed by atoms with Crippen molar-refractivity contribution in [3.05, 3.63) is 17.7 Å². The predicted molar refractivity (Wildman–Crippen MR) is 99.3 cm³/mol. The first-order valence-electron chi connectivity index (χ1n) is 8.78. The first-order chi connectivity index (χ1) is 12.9. The summed E-state index contributed by atoms with van der Waals surface area (Å²) in [5.74, 6) is 0.685. The van der Waals surface area contributed by atoms with Gasteiger partial charge in [0.15, 0.2) is 11.5 Å². The number of benzene rings is 1. The van der Waals surface area contributed by atoms with E-state index in [0.29, 0.717) is 36.5 Å². The molecule has 0 aromatic heterocycles. The summed E-state index contributed by atoms with van der Waals surface area (Å²) in [5.41, 5.74) is -0.189. The number of rotatable bonds is 7. The molecule has 28 heavy (non-hydrogen) atoms. The highest BCUT2D eigenvalue weighted by Gasteiger charge is 2.41. The fourth-order valence-corrected chi connectivity index (χ4v) is 3.63. The van der Waals surface area contributed by atoms with E-state index in [1.165, 1.54) is 11.0 Å². The topological polar surface area (TPSA) is 69.3 Å². The smallest absolute Gasteiger partial charge is 0.387 e. The van der Waals surface area contributed by atoms with Gasteiger partial charge in [-0.15, -0.1) is 12.4 Å². The predicted octanol–water partition coefficient (Wildman–Crippen LogP) is 2.41. The lowest BCUT2D eigenvalue weighted by atomic mass is 9.78. The molecule has 0 saturated carbocycles. The van der Waals surface area contributed by atoms with Crippen LogP contribution in [-0.4, -0.2) is 58.1 Å². The molecule has 2 aliphatic heterocycles. The molecular weight excluding hydrogens is 398 g/mol. The van der Waals surface area contributed by atoms with Crippen molar-refractivity contribution in [1.29, 1.82) is 0 Å². The molecule has 2 aliphatic rings. The Kier molecular flexibility index (Phi) is 7.68. The molecule has 0 aliphatic carbocycles. The molecule has 1 aromatic rings. The molecule has 1 N–H and O–H groups in total. The van der Waals surface area contributed by atoms with Crippen molar-refractivity contribution < 1.29 is 32.5 Å². The maximum absolute atomic E-state index is 13.2. The Morgan fingerprint density at radius 1 is 1.29 bits per heavy atom. The zero-order valence-corrected chi connectivity index (χ0v) is 16.7. The molecule has 2 heterocycles. The third-order valence-corrected chi connectivity index (χ3v) is 4.96. The van der Waals surface area contributed by atoms with Crippen LogP contribution < -0.4 is 19.5 Å². The fraction of sp³-hybridized carbons (Fsp3) is 0.611. The quantitative estimate of drug-likeness (QED) is 0.727. The van der Waals surface area contributed by atoms with Gasteiger partial charge in [0.2, 0.25) is 12.7 Å². The summed E-state index contributed by atoms with van der Waals surface area (Å²) in [6, 6.07) is 2.95. The zero-order valence-electron chi connectivity index (χ0n) is 15.8. The second-order valence-corrected chi connectivity index (χ2v) is 6.82. The molecule has 1 aromatic carbocycles. The van der Waals surface area contributed by atoms with Gasteiger partial charge in [-0.05, 0) is 32.0 Å². The Labute approximate surface area is 168 Å². The molecule has 3 rings (SSSR count). The number of nitrogens with zero attached hydrogens (tertiary/aromatic N) is 1. The zero-order chi connectivity index (χ0) is 19.4. The van der Waals surface area contributed by atoms with Gasteiger partial charge in [-0.3, -0.25) is 4.79 Å². The van der Waals surface area contributed by atoms with E-state index in [1.807, 2.05) is 0 Å². The second kappa shape index (κ2) is 9.58. The van der Waals surface area contributed by atoms with Crippen LogP contribution in [0.15, 0.2) is 12.1 Å². The third kappa shape index (κ3) is 4.76. The standard InChI is InChI=1S/C18H24F2N2O5.ClH/c1-22(16(23)18(10-24-2)3-5-21-6-4-18)9-12-7-14-15(26-11-25-14)8-13(12)27-17(19)20;/h7-8,17,21H,3-6,9-11H2,1-2H3;1H. The number of fused-ring (bicyclic) bond motifs is 1. The van der Waals surface area contributed by atoms with Crippen LogP contribution in [-0.2, 0) is 16.1 Å². The number of amides is 1. The van der Waals surface area contributed by atoms with E-state index in [2.05, 4.69) is 10.1 Å². The first kappa shape index (κ1) is 22.4. The van der Waals surface area contributed by atoms with Gasteiger partial charge in [0, 0.05) is 32.3 Å². The van der Waals surface area contributed by atoms with Gasteiger partial charge in [0.1, 0.15) is 5.75 Å². The number of hydrogen-bond acceptors (Lipinski definition) is 6. The van der Waals surface area contributed by atoms with Gasteiger partial charge in [0.25, 0.3) is 0 Å². The van der Waals surface area contributed by atoms with Crippen molar-refractivity contribution in [3.8, 4) is 17.2 Å². The Hall–Kier alpha value is -1.84. The van der Waals surface area contributed by atoms with Crippen molar-refractivity contribution in [2.75, 3.05) is 40.6 Å². The summed E-state index contributed by atoms with van der Waals surface area (Å²) in [6.07, 6.45) is 1.32. The molecule has 7 nitrogen and oxygen atoms in total. The van der Waals surface area contributed by atoms with Crippen molar-refractivity contribution in [2.24, 2.45) is 5.41 Å². The van der Waals surface area contributed by atoms with Crippen molar-refractivity contribution in [1.82, 2.24) is 10.2 Å². The highest BCUT2D eigenvalue weighted by atomic mass is 35.5. The summed E-state index contributed by atoms with van der Waals surface area (Å²) < 4.78 is 46.1. The lowest BCUT2D eigenvalue weighted by Crippen LogP contribution is -2.50. The van der Waals surface area contributed by atoms with Crippen LogP contribution in [0.3, 0.4) is 0 Å². The van der Waals surface area contributed by atoms with E-state index >= 15 is 0 Å². The number of alkyl halides is 2. The molecule has 1 amide bonds. The van der Waals surface area contributed by atoms with Crippen molar-refractivity contribution >= 4 is 18.3 Å². The lowest BCUT2D eigenvalue weighted by molar-refractivity contribution is -0.146. The number of piperidine rings is 1. The minimum atomic E-state index is -2.98.